The Bertz CT molecular complexity index is 935. The van der Waals surface area contributed by atoms with Gasteiger partial charge < -0.3 is 0 Å². The Morgan fingerprint density at radius 3 is 1.31 bits per heavy atom. The maximum atomic E-state index is 2.41. The lowest BCUT2D eigenvalue weighted by molar-refractivity contribution is 0.729. The van der Waals surface area contributed by atoms with Crippen LogP contribution in [0, 0.1) is 0 Å². The third-order valence-electron chi connectivity index (χ3n) is 5.38. The van der Waals surface area contributed by atoms with Crippen LogP contribution >= 0.6 is 0 Å². The Hall–Kier alpha value is -3.38. The van der Waals surface area contributed by atoms with Crippen LogP contribution in [0.2, 0.25) is 0 Å². The lowest BCUT2D eigenvalue weighted by atomic mass is 9.86. The van der Waals surface area contributed by atoms with E-state index in [2.05, 4.69) is 127 Å². The molecule has 0 amide bonds. The van der Waals surface area contributed by atoms with E-state index in [9.17, 15) is 0 Å². The molecule has 0 aliphatic heterocycles. The van der Waals surface area contributed by atoms with E-state index in [4.69, 9.17) is 0 Å². The fourth-order valence-electron chi connectivity index (χ4n) is 3.93. The second kappa shape index (κ2) is 9.71. The first-order valence-electron chi connectivity index (χ1n) is 10.3. The molecule has 4 rings (SSSR count). The average Bonchev–Trinajstić information content (AvgIpc) is 2.81. The molecule has 0 nitrogen and oxygen atoms in total. The Morgan fingerprint density at radius 1 is 0.517 bits per heavy atom. The van der Waals surface area contributed by atoms with E-state index in [-0.39, 0.29) is 0 Å². The quantitative estimate of drug-likeness (QED) is 0.310. The molecule has 0 fully saturated rings. The number of hydrogen-bond acceptors (Lipinski definition) is 0. The molecule has 0 heterocycles. The maximum Gasteiger partial charge on any atom is 0.00922 e. The molecule has 0 aromatic heterocycles. The predicted molar refractivity (Wildman–Crippen MR) is 124 cm³/mol. The van der Waals surface area contributed by atoms with Crippen LogP contribution < -0.4 is 0 Å². The molecule has 29 heavy (non-hydrogen) atoms. The first-order valence-corrected chi connectivity index (χ1v) is 10.3. The van der Waals surface area contributed by atoms with Gasteiger partial charge in [0.2, 0.25) is 0 Å². The van der Waals surface area contributed by atoms with Crippen molar-refractivity contribution in [3.63, 3.8) is 0 Å². The van der Waals surface area contributed by atoms with Crippen molar-refractivity contribution in [2.75, 3.05) is 0 Å². The molecule has 0 saturated carbocycles. The zero-order chi connectivity index (χ0) is 19.7. The van der Waals surface area contributed by atoms with Crippen molar-refractivity contribution in [1.29, 1.82) is 0 Å². The summed E-state index contributed by atoms with van der Waals surface area (Å²) in [7, 11) is 0. The SMILES string of the molecule is C(CCC(c1ccccc1)c1ccccc1)=C(c1ccccc1)c1ccccc1. The Kier molecular flexibility index (Phi) is 6.34. The highest BCUT2D eigenvalue weighted by Crippen LogP contribution is 2.31. The smallest absolute Gasteiger partial charge is 0.00922 e. The molecular weight excluding hydrogens is 348 g/mol. The van der Waals surface area contributed by atoms with E-state index < -0.39 is 0 Å². The fourth-order valence-corrected chi connectivity index (χ4v) is 3.93. The topological polar surface area (TPSA) is 0 Å². The van der Waals surface area contributed by atoms with Gasteiger partial charge in [-0.1, -0.05) is 127 Å². The molecule has 0 bridgehead atoms. The third-order valence-corrected chi connectivity index (χ3v) is 5.38. The van der Waals surface area contributed by atoms with Gasteiger partial charge in [-0.15, -0.1) is 0 Å². The highest BCUT2D eigenvalue weighted by atomic mass is 14.2. The monoisotopic (exact) mass is 374 g/mol. The van der Waals surface area contributed by atoms with Gasteiger partial charge in [0, 0.05) is 5.92 Å². The lowest BCUT2D eigenvalue weighted by Crippen LogP contribution is -2.01. The van der Waals surface area contributed by atoms with Crippen LogP contribution in [0.4, 0.5) is 0 Å². The third kappa shape index (κ3) is 4.92. The number of benzene rings is 4. The molecule has 0 aliphatic carbocycles. The summed E-state index contributed by atoms with van der Waals surface area (Å²) in [5.41, 5.74) is 6.62. The fraction of sp³-hybridized carbons (Fsp3) is 0.103. The van der Waals surface area contributed by atoms with E-state index in [1.54, 1.807) is 0 Å². The van der Waals surface area contributed by atoms with Gasteiger partial charge in [0.15, 0.2) is 0 Å². The summed E-state index contributed by atoms with van der Waals surface area (Å²) in [6.07, 6.45) is 4.51. The van der Waals surface area contributed by atoms with Gasteiger partial charge in [0.1, 0.15) is 0 Å². The van der Waals surface area contributed by atoms with Crippen LogP contribution in [-0.4, -0.2) is 0 Å². The molecule has 4 aromatic carbocycles. The van der Waals surface area contributed by atoms with Gasteiger partial charge >= 0.3 is 0 Å². The van der Waals surface area contributed by atoms with Gasteiger partial charge in [-0.05, 0) is 40.7 Å². The van der Waals surface area contributed by atoms with E-state index in [1.165, 1.54) is 27.8 Å². The van der Waals surface area contributed by atoms with Crippen molar-refractivity contribution in [3.05, 3.63) is 150 Å². The van der Waals surface area contributed by atoms with Crippen LogP contribution in [-0.2, 0) is 0 Å². The second-order valence-electron chi connectivity index (χ2n) is 7.30. The summed E-state index contributed by atoms with van der Waals surface area (Å²) < 4.78 is 0. The molecular formula is C29H26. The molecule has 4 aromatic rings. The second-order valence-corrected chi connectivity index (χ2v) is 7.30. The molecule has 142 valence electrons. The molecule has 0 unspecified atom stereocenters. The van der Waals surface area contributed by atoms with Gasteiger partial charge in [-0.3, -0.25) is 0 Å². The van der Waals surface area contributed by atoms with Crippen LogP contribution in [0.1, 0.15) is 41.0 Å². The summed E-state index contributed by atoms with van der Waals surface area (Å²) in [4.78, 5) is 0. The van der Waals surface area contributed by atoms with Crippen molar-refractivity contribution in [2.45, 2.75) is 18.8 Å². The van der Waals surface area contributed by atoms with Crippen molar-refractivity contribution in [1.82, 2.24) is 0 Å². The molecule has 0 saturated heterocycles. The number of allylic oxidation sites excluding steroid dienone is 1. The average molecular weight is 375 g/mol. The minimum absolute atomic E-state index is 0.404. The van der Waals surface area contributed by atoms with Gasteiger partial charge in [-0.25, -0.2) is 0 Å². The van der Waals surface area contributed by atoms with Crippen molar-refractivity contribution in [3.8, 4) is 0 Å². The Labute approximate surface area is 174 Å². The van der Waals surface area contributed by atoms with Crippen LogP contribution in [0.5, 0.6) is 0 Å². The first kappa shape index (κ1) is 19.0. The largest absolute Gasteiger partial charge is 0.0760 e. The summed E-state index contributed by atoms with van der Waals surface area (Å²) >= 11 is 0. The van der Waals surface area contributed by atoms with E-state index in [0.717, 1.165) is 12.8 Å². The summed E-state index contributed by atoms with van der Waals surface area (Å²) in [5.74, 6) is 0.404. The normalized spacial score (nSPS) is 10.7. The van der Waals surface area contributed by atoms with Crippen LogP contribution in [0.25, 0.3) is 5.57 Å². The highest BCUT2D eigenvalue weighted by molar-refractivity contribution is 5.79. The molecule has 0 atom stereocenters. The summed E-state index contributed by atoms with van der Waals surface area (Å²) in [6, 6.07) is 43.1. The molecule has 0 N–H and O–H groups in total. The number of hydrogen-bond donors (Lipinski definition) is 0. The standard InChI is InChI=1S/C29H26/c1-5-14-24(15-6-1)28(25-16-7-2-8-17-25)22-13-23-29(26-18-9-3-10-19-26)27-20-11-4-12-21-27/h1-12,14-22,29H,13,23H2. The van der Waals surface area contributed by atoms with E-state index in [0.29, 0.717) is 5.92 Å². The molecule has 0 radical (unpaired) electrons. The van der Waals surface area contributed by atoms with E-state index >= 15 is 0 Å². The Balaban J connectivity index is 1.62. The minimum Gasteiger partial charge on any atom is -0.0760 e. The summed E-state index contributed by atoms with van der Waals surface area (Å²) in [5, 5.41) is 0. The minimum atomic E-state index is 0.404. The molecule has 0 heteroatoms. The summed E-state index contributed by atoms with van der Waals surface area (Å²) in [6.45, 7) is 0. The van der Waals surface area contributed by atoms with Crippen molar-refractivity contribution < 1.29 is 0 Å². The van der Waals surface area contributed by atoms with Crippen molar-refractivity contribution in [2.24, 2.45) is 0 Å². The zero-order valence-electron chi connectivity index (χ0n) is 16.6. The zero-order valence-corrected chi connectivity index (χ0v) is 16.6. The van der Waals surface area contributed by atoms with E-state index in [1.807, 2.05) is 0 Å². The number of rotatable bonds is 7. The Morgan fingerprint density at radius 2 is 0.897 bits per heavy atom. The lowest BCUT2D eigenvalue weighted by Gasteiger charge is -2.18. The highest BCUT2D eigenvalue weighted by Gasteiger charge is 2.13. The van der Waals surface area contributed by atoms with Crippen LogP contribution in [0.15, 0.2) is 127 Å². The van der Waals surface area contributed by atoms with Crippen molar-refractivity contribution >= 4 is 5.57 Å². The predicted octanol–water partition coefficient (Wildman–Crippen LogP) is 7.73. The van der Waals surface area contributed by atoms with Gasteiger partial charge in [-0.2, -0.15) is 0 Å². The van der Waals surface area contributed by atoms with Crippen LogP contribution in [0.3, 0.4) is 0 Å². The first-order chi connectivity index (χ1) is 14.4. The maximum absolute atomic E-state index is 2.41. The van der Waals surface area contributed by atoms with Gasteiger partial charge in [0.05, 0.1) is 0 Å². The van der Waals surface area contributed by atoms with Gasteiger partial charge in [0.25, 0.3) is 0 Å². The molecule has 0 spiro atoms. The molecule has 0 aliphatic rings.